The monoisotopic (exact) mass is 464 g/mol. The summed E-state index contributed by atoms with van der Waals surface area (Å²) in [4.78, 5) is 25.3. The SMILES string of the molecule is CC[C@H]1Sc2ccc(S(=O)(=O)CCC(=O)Nc3ccc(OC)cc3OC)cc2NC1=O. The van der Waals surface area contributed by atoms with Gasteiger partial charge in [-0.25, -0.2) is 8.42 Å². The summed E-state index contributed by atoms with van der Waals surface area (Å²) >= 11 is 1.42. The highest BCUT2D eigenvalue weighted by Gasteiger charge is 2.27. The van der Waals surface area contributed by atoms with E-state index in [1.54, 1.807) is 24.3 Å². The Morgan fingerprint density at radius 3 is 2.61 bits per heavy atom. The Kier molecular flexibility index (Phi) is 7.11. The Balaban J connectivity index is 1.67. The van der Waals surface area contributed by atoms with E-state index in [9.17, 15) is 18.0 Å². The fourth-order valence-corrected chi connectivity index (χ4v) is 5.34. The van der Waals surface area contributed by atoms with Crippen molar-refractivity contribution < 1.29 is 27.5 Å². The maximum Gasteiger partial charge on any atom is 0.237 e. The van der Waals surface area contributed by atoms with Crippen LogP contribution < -0.4 is 20.1 Å². The molecule has 0 aliphatic carbocycles. The van der Waals surface area contributed by atoms with E-state index < -0.39 is 15.7 Å². The van der Waals surface area contributed by atoms with Crippen LogP contribution in [0.5, 0.6) is 11.5 Å². The first kappa shape index (κ1) is 23.0. The van der Waals surface area contributed by atoms with Gasteiger partial charge in [0, 0.05) is 17.4 Å². The molecule has 0 radical (unpaired) electrons. The summed E-state index contributed by atoms with van der Waals surface area (Å²) in [6, 6.07) is 9.56. The number of benzene rings is 2. The standard InChI is InChI=1S/C21H24N2O6S2/c1-4-18-21(25)23-16-12-14(6-8-19(16)30-18)31(26,27)10-9-20(24)22-15-7-5-13(28-2)11-17(15)29-3/h5-8,11-12,18H,4,9-10H2,1-3H3,(H,22,24)(H,23,25)/t18-/m1/s1. The highest BCUT2D eigenvalue weighted by molar-refractivity contribution is 8.01. The summed E-state index contributed by atoms with van der Waals surface area (Å²) in [5.74, 6) is 0.0145. The van der Waals surface area contributed by atoms with Crippen LogP contribution in [0.15, 0.2) is 46.2 Å². The van der Waals surface area contributed by atoms with Crippen molar-refractivity contribution in [1.82, 2.24) is 0 Å². The second-order valence-electron chi connectivity index (χ2n) is 6.85. The predicted octanol–water partition coefficient (Wildman–Crippen LogP) is 3.33. The molecular formula is C21H24N2O6S2. The summed E-state index contributed by atoms with van der Waals surface area (Å²) in [6.07, 6.45) is 0.456. The summed E-state index contributed by atoms with van der Waals surface area (Å²) in [6.45, 7) is 1.92. The van der Waals surface area contributed by atoms with Crippen LogP contribution in [-0.4, -0.2) is 45.5 Å². The highest BCUT2D eigenvalue weighted by atomic mass is 32.2. The van der Waals surface area contributed by atoms with Crippen LogP contribution >= 0.6 is 11.8 Å². The van der Waals surface area contributed by atoms with Gasteiger partial charge in [0.25, 0.3) is 0 Å². The van der Waals surface area contributed by atoms with Crippen molar-refractivity contribution in [2.45, 2.75) is 34.8 Å². The molecule has 10 heteroatoms. The molecule has 2 amide bonds. The predicted molar refractivity (Wildman–Crippen MR) is 120 cm³/mol. The van der Waals surface area contributed by atoms with Gasteiger partial charge in [0.1, 0.15) is 11.5 Å². The molecule has 0 spiro atoms. The number of hydrogen-bond acceptors (Lipinski definition) is 7. The molecule has 0 saturated carbocycles. The average molecular weight is 465 g/mol. The number of thioether (sulfide) groups is 1. The number of amides is 2. The van der Waals surface area contributed by atoms with Crippen molar-refractivity contribution in [3.63, 3.8) is 0 Å². The number of anilines is 2. The van der Waals surface area contributed by atoms with Gasteiger partial charge in [0.05, 0.1) is 41.5 Å². The fraction of sp³-hybridized carbons (Fsp3) is 0.333. The maximum absolute atomic E-state index is 12.7. The molecule has 0 saturated heterocycles. The summed E-state index contributed by atoms with van der Waals surface area (Å²) in [7, 11) is -0.735. The molecule has 0 bridgehead atoms. The highest BCUT2D eigenvalue weighted by Crippen LogP contribution is 2.38. The van der Waals surface area contributed by atoms with Crippen molar-refractivity contribution in [3.05, 3.63) is 36.4 Å². The van der Waals surface area contributed by atoms with Crippen LogP contribution in [0.25, 0.3) is 0 Å². The van der Waals surface area contributed by atoms with E-state index >= 15 is 0 Å². The number of methoxy groups -OCH3 is 2. The number of hydrogen-bond donors (Lipinski definition) is 2. The zero-order valence-electron chi connectivity index (χ0n) is 17.4. The van der Waals surface area contributed by atoms with Gasteiger partial charge >= 0.3 is 0 Å². The molecule has 31 heavy (non-hydrogen) atoms. The number of nitrogens with one attached hydrogen (secondary N) is 2. The van der Waals surface area contributed by atoms with Crippen LogP contribution in [0, 0.1) is 0 Å². The van der Waals surface area contributed by atoms with Crippen LogP contribution in [0.1, 0.15) is 19.8 Å². The van der Waals surface area contributed by atoms with E-state index in [1.807, 2.05) is 6.92 Å². The molecule has 0 aromatic heterocycles. The van der Waals surface area contributed by atoms with Crippen LogP contribution in [0.2, 0.25) is 0 Å². The topological polar surface area (TPSA) is 111 Å². The summed E-state index contributed by atoms with van der Waals surface area (Å²) in [5.41, 5.74) is 0.901. The molecule has 1 aliphatic heterocycles. The normalized spacial score (nSPS) is 15.6. The number of carbonyl (C=O) groups is 2. The second kappa shape index (κ2) is 9.61. The van der Waals surface area contributed by atoms with Crippen molar-refractivity contribution in [2.75, 3.05) is 30.6 Å². The van der Waals surface area contributed by atoms with Gasteiger partial charge in [-0.15, -0.1) is 11.8 Å². The lowest BCUT2D eigenvalue weighted by molar-refractivity contribution is -0.116. The summed E-state index contributed by atoms with van der Waals surface area (Å²) < 4.78 is 35.8. The Morgan fingerprint density at radius 2 is 1.94 bits per heavy atom. The van der Waals surface area contributed by atoms with Gasteiger partial charge < -0.3 is 20.1 Å². The van der Waals surface area contributed by atoms with Gasteiger partial charge in [-0.1, -0.05) is 6.92 Å². The molecule has 0 unspecified atom stereocenters. The van der Waals surface area contributed by atoms with Gasteiger partial charge in [-0.3, -0.25) is 9.59 Å². The van der Waals surface area contributed by atoms with E-state index in [0.717, 1.165) is 4.90 Å². The third-order valence-electron chi connectivity index (χ3n) is 4.78. The number of ether oxygens (including phenoxy) is 2. The quantitative estimate of drug-likeness (QED) is 0.616. The average Bonchev–Trinajstić information content (AvgIpc) is 2.77. The van der Waals surface area contributed by atoms with E-state index in [1.165, 1.54) is 38.1 Å². The Labute approximate surface area is 185 Å². The number of sulfone groups is 1. The van der Waals surface area contributed by atoms with E-state index in [0.29, 0.717) is 29.3 Å². The van der Waals surface area contributed by atoms with Crippen molar-refractivity contribution in [1.29, 1.82) is 0 Å². The third-order valence-corrected chi connectivity index (χ3v) is 7.94. The smallest absolute Gasteiger partial charge is 0.237 e. The van der Waals surface area contributed by atoms with Gasteiger partial charge in [-0.2, -0.15) is 0 Å². The second-order valence-corrected chi connectivity index (χ2v) is 10.2. The molecule has 2 aromatic carbocycles. The Hall–Kier alpha value is -2.72. The van der Waals surface area contributed by atoms with Crippen molar-refractivity contribution >= 4 is 44.8 Å². The van der Waals surface area contributed by atoms with Gasteiger partial charge in [0.2, 0.25) is 11.8 Å². The first-order valence-corrected chi connectivity index (χ1v) is 12.2. The lowest BCUT2D eigenvalue weighted by atomic mass is 10.2. The van der Waals surface area contributed by atoms with Crippen molar-refractivity contribution in [2.24, 2.45) is 0 Å². The minimum absolute atomic E-state index is 0.0666. The minimum atomic E-state index is -3.72. The van der Waals surface area contributed by atoms with Gasteiger partial charge in [0.15, 0.2) is 9.84 Å². The Morgan fingerprint density at radius 1 is 1.16 bits per heavy atom. The van der Waals surface area contributed by atoms with Crippen LogP contribution in [0.3, 0.4) is 0 Å². The third kappa shape index (κ3) is 5.31. The number of rotatable bonds is 8. The van der Waals surface area contributed by atoms with E-state index in [4.69, 9.17) is 9.47 Å². The molecule has 0 fully saturated rings. The zero-order valence-corrected chi connectivity index (χ0v) is 19.1. The molecule has 1 aliphatic rings. The molecule has 8 nitrogen and oxygen atoms in total. The molecule has 2 aromatic rings. The first-order chi connectivity index (χ1) is 14.8. The van der Waals surface area contributed by atoms with E-state index in [2.05, 4.69) is 10.6 Å². The van der Waals surface area contributed by atoms with Crippen LogP contribution in [0.4, 0.5) is 11.4 Å². The van der Waals surface area contributed by atoms with Crippen molar-refractivity contribution in [3.8, 4) is 11.5 Å². The first-order valence-electron chi connectivity index (χ1n) is 9.63. The molecular weight excluding hydrogens is 440 g/mol. The lowest BCUT2D eigenvalue weighted by Crippen LogP contribution is -2.28. The number of fused-ring (bicyclic) bond motifs is 1. The minimum Gasteiger partial charge on any atom is -0.497 e. The molecule has 1 atom stereocenters. The molecule has 1 heterocycles. The summed E-state index contributed by atoms with van der Waals surface area (Å²) in [5, 5.41) is 5.24. The molecule has 2 N–H and O–H groups in total. The fourth-order valence-electron chi connectivity index (χ4n) is 3.05. The van der Waals surface area contributed by atoms with E-state index in [-0.39, 0.29) is 28.2 Å². The number of carbonyl (C=O) groups excluding carboxylic acids is 2. The lowest BCUT2D eigenvalue weighted by Gasteiger charge is -2.23. The Bertz CT molecular complexity index is 1100. The molecule has 3 rings (SSSR count). The van der Waals surface area contributed by atoms with Crippen LogP contribution in [-0.2, 0) is 19.4 Å². The molecule has 166 valence electrons. The largest absolute Gasteiger partial charge is 0.497 e. The van der Waals surface area contributed by atoms with Gasteiger partial charge in [-0.05, 0) is 36.8 Å². The zero-order chi connectivity index (χ0) is 22.6. The maximum atomic E-state index is 12.7.